The maximum atomic E-state index is 12.0. The van der Waals surface area contributed by atoms with Crippen LogP contribution in [0.3, 0.4) is 0 Å². The van der Waals surface area contributed by atoms with E-state index in [0.29, 0.717) is 22.9 Å². The number of nitrogens with two attached hydrogens (primary N) is 1. The molecule has 4 nitrogen and oxygen atoms in total. The van der Waals surface area contributed by atoms with Gasteiger partial charge in [-0.3, -0.25) is 4.79 Å². The first-order chi connectivity index (χ1) is 8.18. The van der Waals surface area contributed by atoms with Crippen LogP contribution in [0, 0.1) is 0 Å². The number of halogens is 1. The number of hydrogen-bond acceptors (Lipinski definition) is 3. The lowest BCUT2D eigenvalue weighted by molar-refractivity contribution is 0.0624. The van der Waals surface area contributed by atoms with E-state index >= 15 is 0 Å². The summed E-state index contributed by atoms with van der Waals surface area (Å²) in [5, 5.41) is 3.30. The van der Waals surface area contributed by atoms with Crippen LogP contribution in [0.1, 0.15) is 23.2 Å². The Hall–Kier alpha value is -1.26. The highest BCUT2D eigenvalue weighted by molar-refractivity contribution is 6.33. The molecular formula is C12H15ClN2O2. The minimum absolute atomic E-state index is 0.0645. The zero-order valence-corrected chi connectivity index (χ0v) is 10.2. The van der Waals surface area contributed by atoms with Crippen molar-refractivity contribution in [1.82, 2.24) is 5.32 Å². The average Bonchev–Trinajstić information content (AvgIpc) is 2.34. The molecule has 0 aliphatic carbocycles. The quantitative estimate of drug-likeness (QED) is 0.792. The summed E-state index contributed by atoms with van der Waals surface area (Å²) < 4.78 is 5.30. The van der Waals surface area contributed by atoms with Crippen LogP contribution in [0.25, 0.3) is 0 Å². The summed E-state index contributed by atoms with van der Waals surface area (Å²) in [5.41, 5.74) is 6.51. The topological polar surface area (TPSA) is 64.4 Å². The second-order valence-corrected chi connectivity index (χ2v) is 4.50. The monoisotopic (exact) mass is 254 g/mol. The van der Waals surface area contributed by atoms with Gasteiger partial charge >= 0.3 is 0 Å². The van der Waals surface area contributed by atoms with Crippen molar-refractivity contribution in [3.05, 3.63) is 28.8 Å². The van der Waals surface area contributed by atoms with Crippen molar-refractivity contribution in [3.63, 3.8) is 0 Å². The van der Waals surface area contributed by atoms with Gasteiger partial charge in [0, 0.05) is 6.61 Å². The van der Waals surface area contributed by atoms with Crippen molar-refractivity contribution < 1.29 is 9.53 Å². The molecule has 1 aromatic carbocycles. The number of ether oxygens (including phenoxy) is 1. The molecule has 1 aliphatic heterocycles. The van der Waals surface area contributed by atoms with Crippen molar-refractivity contribution in [3.8, 4) is 0 Å². The maximum absolute atomic E-state index is 12.0. The van der Waals surface area contributed by atoms with Gasteiger partial charge in [0.25, 0.3) is 5.91 Å². The van der Waals surface area contributed by atoms with E-state index in [4.69, 9.17) is 22.1 Å². The number of benzene rings is 1. The predicted molar refractivity (Wildman–Crippen MR) is 67.2 cm³/mol. The standard InChI is InChI=1S/C12H15ClN2O2/c13-10-5-1-4-9(11(10)14)12(16)15-8-3-2-6-17-7-8/h1,4-5,8H,2-3,6-7,14H2,(H,15,16). The fourth-order valence-corrected chi connectivity index (χ4v) is 2.03. The Kier molecular flexibility index (Phi) is 3.86. The van der Waals surface area contributed by atoms with Gasteiger partial charge in [-0.2, -0.15) is 0 Å². The Balaban J connectivity index is 2.06. The Morgan fingerprint density at radius 3 is 3.06 bits per heavy atom. The summed E-state index contributed by atoms with van der Waals surface area (Å²) in [4.78, 5) is 12.0. The first-order valence-corrected chi connectivity index (χ1v) is 5.99. The normalized spacial score (nSPS) is 19.9. The molecule has 17 heavy (non-hydrogen) atoms. The van der Waals surface area contributed by atoms with Crippen molar-refractivity contribution >= 4 is 23.2 Å². The summed E-state index contributed by atoms with van der Waals surface area (Å²) in [6, 6.07) is 5.11. The number of amides is 1. The molecule has 0 aromatic heterocycles. The molecule has 1 atom stereocenters. The third-order valence-corrected chi connectivity index (χ3v) is 3.12. The molecule has 0 spiro atoms. The molecule has 5 heteroatoms. The lowest BCUT2D eigenvalue weighted by atomic mass is 10.1. The average molecular weight is 255 g/mol. The number of carbonyl (C=O) groups is 1. The number of hydrogen-bond donors (Lipinski definition) is 2. The zero-order chi connectivity index (χ0) is 12.3. The smallest absolute Gasteiger partial charge is 0.253 e. The minimum Gasteiger partial charge on any atom is -0.397 e. The van der Waals surface area contributed by atoms with Crippen LogP contribution in [0.2, 0.25) is 5.02 Å². The van der Waals surface area contributed by atoms with Crippen LogP contribution < -0.4 is 11.1 Å². The van der Waals surface area contributed by atoms with Gasteiger partial charge in [-0.1, -0.05) is 17.7 Å². The predicted octanol–water partition coefficient (Wildman–Crippen LogP) is 1.83. The molecule has 1 aromatic rings. The van der Waals surface area contributed by atoms with Crippen molar-refractivity contribution in [2.24, 2.45) is 0 Å². The van der Waals surface area contributed by atoms with E-state index in [-0.39, 0.29) is 11.9 Å². The van der Waals surface area contributed by atoms with Crippen LogP contribution in [-0.4, -0.2) is 25.2 Å². The molecule has 1 heterocycles. The van der Waals surface area contributed by atoms with E-state index in [1.165, 1.54) is 0 Å². The highest BCUT2D eigenvalue weighted by Gasteiger charge is 2.18. The SMILES string of the molecule is Nc1c(Cl)cccc1C(=O)NC1CCCOC1. The molecule has 3 N–H and O–H groups in total. The number of carbonyl (C=O) groups excluding carboxylic acids is 1. The Morgan fingerprint density at radius 1 is 1.53 bits per heavy atom. The molecule has 1 saturated heterocycles. The highest BCUT2D eigenvalue weighted by Crippen LogP contribution is 2.22. The fraction of sp³-hybridized carbons (Fsp3) is 0.417. The van der Waals surface area contributed by atoms with Gasteiger partial charge in [0.05, 0.1) is 28.9 Å². The van der Waals surface area contributed by atoms with E-state index in [2.05, 4.69) is 5.32 Å². The number of nitrogen functional groups attached to an aromatic ring is 1. The fourth-order valence-electron chi connectivity index (χ4n) is 1.85. The largest absolute Gasteiger partial charge is 0.397 e. The van der Waals surface area contributed by atoms with Gasteiger partial charge in [0.15, 0.2) is 0 Å². The van der Waals surface area contributed by atoms with Crippen LogP contribution >= 0.6 is 11.6 Å². The third kappa shape index (κ3) is 2.90. The first-order valence-electron chi connectivity index (χ1n) is 5.61. The second-order valence-electron chi connectivity index (χ2n) is 4.09. The van der Waals surface area contributed by atoms with Gasteiger partial charge in [-0.05, 0) is 25.0 Å². The minimum atomic E-state index is -0.194. The molecule has 92 valence electrons. The van der Waals surface area contributed by atoms with Gasteiger partial charge in [0.2, 0.25) is 0 Å². The Labute approximate surface area is 105 Å². The van der Waals surface area contributed by atoms with Crippen molar-refractivity contribution in [1.29, 1.82) is 0 Å². The van der Waals surface area contributed by atoms with Gasteiger partial charge in [0.1, 0.15) is 0 Å². The summed E-state index contributed by atoms with van der Waals surface area (Å²) >= 11 is 5.87. The molecule has 1 unspecified atom stereocenters. The summed E-state index contributed by atoms with van der Waals surface area (Å²) in [5.74, 6) is -0.194. The molecule has 1 fully saturated rings. The second kappa shape index (κ2) is 5.38. The van der Waals surface area contributed by atoms with Crippen LogP contribution in [0.4, 0.5) is 5.69 Å². The van der Waals surface area contributed by atoms with Gasteiger partial charge in [-0.15, -0.1) is 0 Å². The van der Waals surface area contributed by atoms with Crippen LogP contribution in [0.5, 0.6) is 0 Å². The third-order valence-electron chi connectivity index (χ3n) is 2.79. The van der Waals surface area contributed by atoms with E-state index < -0.39 is 0 Å². The Bertz CT molecular complexity index is 417. The lowest BCUT2D eigenvalue weighted by Crippen LogP contribution is -2.40. The molecule has 2 rings (SSSR count). The number of nitrogens with one attached hydrogen (secondary N) is 1. The van der Waals surface area contributed by atoms with Crippen molar-refractivity contribution in [2.75, 3.05) is 18.9 Å². The maximum Gasteiger partial charge on any atom is 0.253 e. The summed E-state index contributed by atoms with van der Waals surface area (Å²) in [6.45, 7) is 1.33. The van der Waals surface area contributed by atoms with Crippen molar-refractivity contribution in [2.45, 2.75) is 18.9 Å². The molecule has 1 amide bonds. The lowest BCUT2D eigenvalue weighted by Gasteiger charge is -2.23. The molecular weight excluding hydrogens is 240 g/mol. The van der Waals surface area contributed by atoms with Gasteiger partial charge in [-0.25, -0.2) is 0 Å². The van der Waals surface area contributed by atoms with E-state index in [0.717, 1.165) is 19.4 Å². The number of para-hydroxylation sites is 1. The highest BCUT2D eigenvalue weighted by atomic mass is 35.5. The first kappa shape index (κ1) is 12.2. The zero-order valence-electron chi connectivity index (χ0n) is 9.41. The van der Waals surface area contributed by atoms with Gasteiger partial charge < -0.3 is 15.8 Å². The van der Waals surface area contributed by atoms with E-state index in [1.54, 1.807) is 18.2 Å². The van der Waals surface area contributed by atoms with Crippen LogP contribution in [0.15, 0.2) is 18.2 Å². The van der Waals surface area contributed by atoms with Crippen LogP contribution in [-0.2, 0) is 4.74 Å². The number of anilines is 1. The summed E-state index contributed by atoms with van der Waals surface area (Å²) in [6.07, 6.45) is 1.90. The molecule has 0 bridgehead atoms. The van der Waals surface area contributed by atoms with E-state index in [9.17, 15) is 4.79 Å². The Morgan fingerprint density at radius 2 is 2.35 bits per heavy atom. The number of rotatable bonds is 2. The molecule has 0 saturated carbocycles. The van der Waals surface area contributed by atoms with E-state index in [1.807, 2.05) is 0 Å². The summed E-state index contributed by atoms with van der Waals surface area (Å²) in [7, 11) is 0. The molecule has 1 aliphatic rings. The molecule has 0 radical (unpaired) electrons.